The number of carbonyl (C=O) groups excluding carboxylic acids is 1. The molecule has 2 heterocycles. The van der Waals surface area contributed by atoms with Crippen molar-refractivity contribution in [2.45, 2.75) is 6.54 Å². The van der Waals surface area contributed by atoms with Crippen LogP contribution < -0.4 is 0 Å². The molecule has 1 fully saturated rings. The molecule has 1 saturated heterocycles. The smallest absolute Gasteiger partial charge is 0.153 e. The summed E-state index contributed by atoms with van der Waals surface area (Å²) in [4.78, 5) is 15.5. The van der Waals surface area contributed by atoms with Crippen LogP contribution >= 0.6 is 0 Å². The van der Waals surface area contributed by atoms with Gasteiger partial charge in [0.2, 0.25) is 0 Å². The van der Waals surface area contributed by atoms with E-state index in [4.69, 9.17) is 0 Å². The zero-order valence-corrected chi connectivity index (χ0v) is 9.89. The van der Waals surface area contributed by atoms with Crippen LogP contribution in [-0.4, -0.2) is 59.1 Å². The van der Waals surface area contributed by atoms with Gasteiger partial charge in [-0.25, -0.2) is 0 Å². The predicted molar refractivity (Wildman–Crippen MR) is 61.4 cm³/mol. The summed E-state index contributed by atoms with van der Waals surface area (Å²) in [5.74, 6) is 0. The third kappa shape index (κ3) is 2.48. The van der Waals surface area contributed by atoms with Crippen LogP contribution in [0.2, 0.25) is 0 Å². The van der Waals surface area contributed by atoms with Gasteiger partial charge in [-0.2, -0.15) is 5.10 Å². The number of carbonyl (C=O) groups is 1. The minimum absolute atomic E-state index is 0.710. The Balaban J connectivity index is 2.00. The lowest BCUT2D eigenvalue weighted by atomic mass is 10.2. The molecule has 0 N–H and O–H groups in total. The maximum absolute atomic E-state index is 10.9. The number of piperazine rings is 1. The number of hydrogen-bond donors (Lipinski definition) is 0. The van der Waals surface area contributed by atoms with Crippen molar-refractivity contribution in [1.82, 2.24) is 19.6 Å². The zero-order chi connectivity index (χ0) is 11.5. The Hall–Kier alpha value is -1.20. The number of rotatable bonds is 3. The van der Waals surface area contributed by atoms with Crippen LogP contribution in [0.5, 0.6) is 0 Å². The number of aromatic nitrogens is 2. The fraction of sp³-hybridized carbons (Fsp3) is 0.636. The van der Waals surface area contributed by atoms with Crippen LogP contribution in [0.15, 0.2) is 6.20 Å². The van der Waals surface area contributed by atoms with E-state index in [0.717, 1.165) is 44.7 Å². The van der Waals surface area contributed by atoms with Crippen molar-refractivity contribution in [2.24, 2.45) is 7.05 Å². The summed E-state index contributed by atoms with van der Waals surface area (Å²) in [7, 11) is 3.98. The Kier molecular flexibility index (Phi) is 3.36. The second-order valence-corrected chi connectivity index (χ2v) is 4.40. The molecule has 0 aliphatic carbocycles. The molecule has 1 aromatic rings. The Morgan fingerprint density at radius 1 is 1.31 bits per heavy atom. The molecule has 0 atom stereocenters. The molecule has 0 saturated carbocycles. The summed E-state index contributed by atoms with van der Waals surface area (Å²) >= 11 is 0. The number of hydrogen-bond acceptors (Lipinski definition) is 4. The minimum atomic E-state index is 0.710. The molecule has 0 radical (unpaired) electrons. The van der Waals surface area contributed by atoms with Gasteiger partial charge in [0.25, 0.3) is 0 Å². The van der Waals surface area contributed by atoms with E-state index < -0.39 is 0 Å². The van der Waals surface area contributed by atoms with Gasteiger partial charge < -0.3 is 4.90 Å². The topological polar surface area (TPSA) is 41.4 Å². The SMILES string of the molecule is CN1CCN(Cc2nn(C)cc2C=O)CC1. The molecule has 5 nitrogen and oxygen atoms in total. The molecule has 5 heteroatoms. The van der Waals surface area contributed by atoms with Crippen molar-refractivity contribution in [2.75, 3.05) is 33.2 Å². The first kappa shape index (κ1) is 11.3. The van der Waals surface area contributed by atoms with Crippen LogP contribution in [-0.2, 0) is 13.6 Å². The highest BCUT2D eigenvalue weighted by atomic mass is 16.1. The fourth-order valence-electron chi connectivity index (χ4n) is 1.99. The van der Waals surface area contributed by atoms with E-state index in [0.29, 0.717) is 5.56 Å². The second kappa shape index (κ2) is 4.76. The highest BCUT2D eigenvalue weighted by molar-refractivity contribution is 5.75. The average molecular weight is 222 g/mol. The van der Waals surface area contributed by atoms with E-state index >= 15 is 0 Å². The van der Waals surface area contributed by atoms with Crippen molar-refractivity contribution < 1.29 is 4.79 Å². The van der Waals surface area contributed by atoms with Gasteiger partial charge in [0.1, 0.15) is 0 Å². The third-order valence-electron chi connectivity index (χ3n) is 3.03. The standard InChI is InChI=1S/C11H18N4O/c1-13-3-5-15(6-4-13)8-11-10(9-16)7-14(2)12-11/h7,9H,3-6,8H2,1-2H3. The first-order valence-corrected chi connectivity index (χ1v) is 5.57. The molecule has 0 aromatic carbocycles. The molecule has 0 spiro atoms. The number of aryl methyl sites for hydroxylation is 1. The summed E-state index contributed by atoms with van der Waals surface area (Å²) in [6.07, 6.45) is 2.66. The van der Waals surface area contributed by atoms with E-state index in [1.54, 1.807) is 10.9 Å². The van der Waals surface area contributed by atoms with Gasteiger partial charge in [-0.3, -0.25) is 14.4 Å². The van der Waals surface area contributed by atoms with E-state index in [-0.39, 0.29) is 0 Å². The lowest BCUT2D eigenvalue weighted by molar-refractivity contribution is 0.111. The van der Waals surface area contributed by atoms with E-state index in [1.807, 2.05) is 7.05 Å². The van der Waals surface area contributed by atoms with Gasteiger partial charge in [0.05, 0.1) is 11.3 Å². The average Bonchev–Trinajstić information content (AvgIpc) is 2.62. The normalized spacial score (nSPS) is 18.9. The summed E-state index contributed by atoms with van der Waals surface area (Å²) in [6.45, 7) is 5.05. The second-order valence-electron chi connectivity index (χ2n) is 4.40. The number of aldehydes is 1. The maximum atomic E-state index is 10.9. The van der Waals surface area contributed by atoms with Crippen LogP contribution in [0.25, 0.3) is 0 Å². The van der Waals surface area contributed by atoms with Crippen LogP contribution in [0, 0.1) is 0 Å². The van der Waals surface area contributed by atoms with Gasteiger partial charge in [0, 0.05) is 46.0 Å². The molecule has 2 rings (SSSR count). The van der Waals surface area contributed by atoms with Gasteiger partial charge in [-0.1, -0.05) is 0 Å². The first-order valence-electron chi connectivity index (χ1n) is 5.57. The monoisotopic (exact) mass is 222 g/mol. The van der Waals surface area contributed by atoms with Gasteiger partial charge >= 0.3 is 0 Å². The molecule has 1 aliphatic heterocycles. The number of nitrogens with zero attached hydrogens (tertiary/aromatic N) is 4. The molecule has 0 amide bonds. The predicted octanol–water partition coefficient (Wildman–Crippen LogP) is -0.0200. The lowest BCUT2D eigenvalue weighted by Gasteiger charge is -2.31. The Labute approximate surface area is 95.6 Å². The lowest BCUT2D eigenvalue weighted by Crippen LogP contribution is -2.44. The van der Waals surface area contributed by atoms with Crippen molar-refractivity contribution in [3.05, 3.63) is 17.5 Å². The van der Waals surface area contributed by atoms with Crippen LogP contribution in [0.4, 0.5) is 0 Å². The summed E-state index contributed by atoms with van der Waals surface area (Å²) in [6, 6.07) is 0. The molecule has 0 bridgehead atoms. The minimum Gasteiger partial charge on any atom is -0.304 e. The Morgan fingerprint density at radius 2 is 2.00 bits per heavy atom. The summed E-state index contributed by atoms with van der Waals surface area (Å²) < 4.78 is 1.70. The van der Waals surface area contributed by atoms with Gasteiger partial charge in [0.15, 0.2) is 6.29 Å². The quantitative estimate of drug-likeness (QED) is 0.674. The van der Waals surface area contributed by atoms with Crippen molar-refractivity contribution in [1.29, 1.82) is 0 Å². The molecule has 1 aliphatic rings. The largest absolute Gasteiger partial charge is 0.304 e. The Bertz CT molecular complexity index is 366. The summed E-state index contributed by atoms with van der Waals surface area (Å²) in [5.41, 5.74) is 1.60. The molecule has 16 heavy (non-hydrogen) atoms. The zero-order valence-electron chi connectivity index (χ0n) is 9.89. The molecular formula is C11H18N4O. The maximum Gasteiger partial charge on any atom is 0.153 e. The van der Waals surface area contributed by atoms with Crippen molar-refractivity contribution in [3.63, 3.8) is 0 Å². The van der Waals surface area contributed by atoms with Crippen LogP contribution in [0.1, 0.15) is 16.1 Å². The van der Waals surface area contributed by atoms with E-state index in [2.05, 4.69) is 21.9 Å². The fourth-order valence-corrected chi connectivity index (χ4v) is 1.99. The van der Waals surface area contributed by atoms with Crippen molar-refractivity contribution in [3.8, 4) is 0 Å². The molecule has 88 valence electrons. The summed E-state index contributed by atoms with van der Waals surface area (Å²) in [5, 5.41) is 4.32. The number of likely N-dealkylation sites (N-methyl/N-ethyl adjacent to an activating group) is 1. The third-order valence-corrected chi connectivity index (χ3v) is 3.03. The van der Waals surface area contributed by atoms with E-state index in [1.165, 1.54) is 0 Å². The molecule has 0 unspecified atom stereocenters. The van der Waals surface area contributed by atoms with Gasteiger partial charge in [-0.15, -0.1) is 0 Å². The molecular weight excluding hydrogens is 204 g/mol. The van der Waals surface area contributed by atoms with Crippen molar-refractivity contribution >= 4 is 6.29 Å². The highest BCUT2D eigenvalue weighted by Crippen LogP contribution is 2.09. The van der Waals surface area contributed by atoms with Crippen LogP contribution in [0.3, 0.4) is 0 Å². The van der Waals surface area contributed by atoms with Gasteiger partial charge in [-0.05, 0) is 7.05 Å². The first-order chi connectivity index (χ1) is 7.69. The van der Waals surface area contributed by atoms with E-state index in [9.17, 15) is 4.79 Å². The molecule has 1 aromatic heterocycles. The Morgan fingerprint density at radius 3 is 2.62 bits per heavy atom. The highest BCUT2D eigenvalue weighted by Gasteiger charge is 2.16.